The van der Waals surface area contributed by atoms with Crippen LogP contribution in [0.4, 0.5) is 0 Å². The summed E-state index contributed by atoms with van der Waals surface area (Å²) in [5, 5.41) is 3.06. The fraction of sp³-hybridized carbons (Fsp3) is 0.474. The molecule has 3 rings (SSSR count). The number of nitrogens with one attached hydrogen (secondary N) is 1. The molecule has 0 aliphatic carbocycles. The first kappa shape index (κ1) is 16.7. The molecule has 2 aromatic rings. The Morgan fingerprint density at radius 1 is 1.25 bits per heavy atom. The zero-order chi connectivity index (χ0) is 16.9. The van der Waals surface area contributed by atoms with Gasteiger partial charge in [-0.05, 0) is 63.5 Å². The third-order valence-electron chi connectivity index (χ3n) is 4.50. The second kappa shape index (κ2) is 7.62. The van der Waals surface area contributed by atoms with Crippen molar-refractivity contribution in [1.29, 1.82) is 0 Å². The lowest BCUT2D eigenvalue weighted by atomic mass is 10.1. The van der Waals surface area contributed by atoms with Gasteiger partial charge < -0.3 is 9.73 Å². The monoisotopic (exact) mass is 327 g/mol. The van der Waals surface area contributed by atoms with Crippen LogP contribution in [0.25, 0.3) is 0 Å². The smallest absolute Gasteiger partial charge is 0.224 e. The van der Waals surface area contributed by atoms with E-state index in [9.17, 15) is 4.79 Å². The molecule has 2 aromatic heterocycles. The predicted molar refractivity (Wildman–Crippen MR) is 92.7 cm³/mol. The molecular weight excluding hydrogens is 302 g/mol. The summed E-state index contributed by atoms with van der Waals surface area (Å²) in [6, 6.07) is 8.00. The minimum Gasteiger partial charge on any atom is -0.465 e. The van der Waals surface area contributed by atoms with Crippen LogP contribution in [0, 0.1) is 13.8 Å². The first-order chi connectivity index (χ1) is 11.6. The van der Waals surface area contributed by atoms with Gasteiger partial charge in [-0.3, -0.25) is 14.7 Å². The quantitative estimate of drug-likeness (QED) is 0.886. The van der Waals surface area contributed by atoms with E-state index < -0.39 is 0 Å². The van der Waals surface area contributed by atoms with Gasteiger partial charge >= 0.3 is 0 Å². The van der Waals surface area contributed by atoms with Gasteiger partial charge in [-0.15, -0.1) is 0 Å². The molecule has 0 bridgehead atoms. The number of pyridine rings is 1. The van der Waals surface area contributed by atoms with Crippen LogP contribution in [0.3, 0.4) is 0 Å². The first-order valence-corrected chi connectivity index (χ1v) is 8.60. The van der Waals surface area contributed by atoms with Gasteiger partial charge in [-0.2, -0.15) is 0 Å². The van der Waals surface area contributed by atoms with E-state index in [1.807, 2.05) is 38.1 Å². The van der Waals surface area contributed by atoms with E-state index in [0.29, 0.717) is 13.0 Å². The Bertz CT molecular complexity index is 672. The zero-order valence-corrected chi connectivity index (χ0v) is 14.4. The molecule has 0 saturated carbocycles. The number of hydrogen-bond acceptors (Lipinski definition) is 4. The highest BCUT2D eigenvalue weighted by molar-refractivity contribution is 5.78. The Morgan fingerprint density at radius 2 is 2.04 bits per heavy atom. The van der Waals surface area contributed by atoms with E-state index in [4.69, 9.17) is 4.42 Å². The number of aryl methyl sites for hydroxylation is 2. The van der Waals surface area contributed by atoms with E-state index in [1.54, 1.807) is 6.20 Å². The Kier molecular flexibility index (Phi) is 5.30. The predicted octanol–water partition coefficient (Wildman–Crippen LogP) is 2.79. The van der Waals surface area contributed by atoms with Crippen molar-refractivity contribution >= 4 is 5.91 Å². The molecule has 24 heavy (non-hydrogen) atoms. The minimum atomic E-state index is 0.0214. The topological polar surface area (TPSA) is 58.4 Å². The first-order valence-electron chi connectivity index (χ1n) is 8.60. The number of hydrogen-bond donors (Lipinski definition) is 1. The van der Waals surface area contributed by atoms with Gasteiger partial charge in [0.05, 0.1) is 12.5 Å². The molecule has 0 radical (unpaired) electrons. The second-order valence-electron chi connectivity index (χ2n) is 6.50. The summed E-state index contributed by atoms with van der Waals surface area (Å²) in [5.74, 6) is 1.87. The number of rotatable bonds is 6. The minimum absolute atomic E-state index is 0.0214. The Balaban J connectivity index is 1.60. The Labute approximate surface area is 143 Å². The van der Waals surface area contributed by atoms with Gasteiger partial charge in [0.15, 0.2) is 0 Å². The fourth-order valence-electron chi connectivity index (χ4n) is 3.16. The molecule has 5 nitrogen and oxygen atoms in total. The maximum Gasteiger partial charge on any atom is 0.224 e. The van der Waals surface area contributed by atoms with Crippen LogP contribution in [0.15, 0.2) is 34.9 Å². The lowest BCUT2D eigenvalue weighted by molar-refractivity contribution is -0.120. The average Bonchev–Trinajstić information content (AvgIpc) is 3.22. The Hall–Kier alpha value is -2.14. The summed E-state index contributed by atoms with van der Waals surface area (Å²) in [5.41, 5.74) is 1.89. The summed E-state index contributed by atoms with van der Waals surface area (Å²) in [6.07, 6.45) is 4.54. The van der Waals surface area contributed by atoms with Gasteiger partial charge in [0.25, 0.3) is 0 Å². The molecule has 5 heteroatoms. The molecule has 1 atom stereocenters. The average molecular weight is 327 g/mol. The number of furan rings is 1. The molecule has 1 N–H and O–H groups in total. The molecular formula is C19H25N3O2. The fourth-order valence-corrected chi connectivity index (χ4v) is 3.16. The highest BCUT2D eigenvalue weighted by Crippen LogP contribution is 2.26. The molecule has 3 heterocycles. The van der Waals surface area contributed by atoms with Crippen molar-refractivity contribution in [2.24, 2.45) is 0 Å². The molecule has 1 aliphatic rings. The number of likely N-dealkylation sites (tertiary alicyclic amines) is 1. The highest BCUT2D eigenvalue weighted by Gasteiger charge is 2.26. The van der Waals surface area contributed by atoms with Crippen LogP contribution in [-0.2, 0) is 11.2 Å². The standard InChI is InChI=1S/C19H25N3O2/c1-14-5-7-16(12-20-14)11-19(23)21-13-17(22-9-3-4-10-22)18-8-6-15(2)24-18/h5-8,12,17H,3-4,9-11,13H2,1-2H3,(H,21,23)/t17-/m1/s1. The van der Waals surface area contributed by atoms with Crippen molar-refractivity contribution in [3.8, 4) is 0 Å². The van der Waals surface area contributed by atoms with Crippen LogP contribution in [0.1, 0.15) is 41.7 Å². The van der Waals surface area contributed by atoms with Gasteiger partial charge in [-0.1, -0.05) is 6.07 Å². The van der Waals surface area contributed by atoms with E-state index in [0.717, 1.165) is 35.9 Å². The van der Waals surface area contributed by atoms with Crippen molar-refractivity contribution in [2.45, 2.75) is 39.2 Å². The summed E-state index contributed by atoms with van der Waals surface area (Å²) in [7, 11) is 0. The second-order valence-corrected chi connectivity index (χ2v) is 6.50. The Morgan fingerprint density at radius 3 is 2.67 bits per heavy atom. The molecule has 1 aliphatic heterocycles. The highest BCUT2D eigenvalue weighted by atomic mass is 16.3. The largest absolute Gasteiger partial charge is 0.465 e. The summed E-state index contributed by atoms with van der Waals surface area (Å²) >= 11 is 0. The molecule has 128 valence electrons. The third kappa shape index (κ3) is 4.23. The summed E-state index contributed by atoms with van der Waals surface area (Å²) in [4.78, 5) is 18.9. The van der Waals surface area contributed by atoms with Crippen molar-refractivity contribution in [2.75, 3.05) is 19.6 Å². The van der Waals surface area contributed by atoms with E-state index in [-0.39, 0.29) is 11.9 Å². The SMILES string of the molecule is Cc1ccc(CC(=O)NC[C@H](c2ccc(C)o2)N2CCCC2)cn1. The molecule has 0 aromatic carbocycles. The van der Waals surface area contributed by atoms with Crippen molar-refractivity contribution < 1.29 is 9.21 Å². The number of carbonyl (C=O) groups excluding carboxylic acids is 1. The molecule has 1 fully saturated rings. The van der Waals surface area contributed by atoms with Crippen LogP contribution < -0.4 is 5.32 Å². The summed E-state index contributed by atoms with van der Waals surface area (Å²) < 4.78 is 5.82. The van der Waals surface area contributed by atoms with Gasteiger partial charge in [0.2, 0.25) is 5.91 Å². The molecule has 0 spiro atoms. The maximum absolute atomic E-state index is 12.3. The van der Waals surface area contributed by atoms with Crippen molar-refractivity contribution in [3.05, 3.63) is 53.2 Å². The normalized spacial score (nSPS) is 16.2. The number of amides is 1. The van der Waals surface area contributed by atoms with Crippen LogP contribution >= 0.6 is 0 Å². The molecule has 1 amide bonds. The zero-order valence-electron chi connectivity index (χ0n) is 14.4. The van der Waals surface area contributed by atoms with E-state index in [2.05, 4.69) is 15.2 Å². The van der Waals surface area contributed by atoms with Crippen LogP contribution in [0.5, 0.6) is 0 Å². The van der Waals surface area contributed by atoms with Crippen LogP contribution in [-0.4, -0.2) is 35.4 Å². The van der Waals surface area contributed by atoms with Gasteiger partial charge in [0, 0.05) is 18.4 Å². The number of carbonyl (C=O) groups is 1. The lowest BCUT2D eigenvalue weighted by Crippen LogP contribution is -2.37. The molecule has 1 saturated heterocycles. The molecule has 0 unspecified atom stereocenters. The third-order valence-corrected chi connectivity index (χ3v) is 4.50. The van der Waals surface area contributed by atoms with E-state index in [1.165, 1.54) is 12.8 Å². The van der Waals surface area contributed by atoms with Crippen molar-refractivity contribution in [3.63, 3.8) is 0 Å². The number of nitrogens with zero attached hydrogens (tertiary/aromatic N) is 2. The number of aromatic nitrogens is 1. The summed E-state index contributed by atoms with van der Waals surface area (Å²) in [6.45, 7) is 6.58. The van der Waals surface area contributed by atoms with Crippen molar-refractivity contribution in [1.82, 2.24) is 15.2 Å². The maximum atomic E-state index is 12.3. The van der Waals surface area contributed by atoms with Gasteiger partial charge in [-0.25, -0.2) is 0 Å². The van der Waals surface area contributed by atoms with E-state index >= 15 is 0 Å². The van der Waals surface area contributed by atoms with Gasteiger partial charge in [0.1, 0.15) is 11.5 Å². The van der Waals surface area contributed by atoms with Crippen LogP contribution in [0.2, 0.25) is 0 Å². The lowest BCUT2D eigenvalue weighted by Gasteiger charge is -2.26.